The number of Topliss-reactive ketones (excluding diaryl/α,β-unsaturated/α-hetero) is 1. The predicted octanol–water partition coefficient (Wildman–Crippen LogP) is 2.44. The van der Waals surface area contributed by atoms with Crippen LogP contribution >= 0.6 is 11.3 Å². The van der Waals surface area contributed by atoms with Gasteiger partial charge in [0.2, 0.25) is 0 Å². The SMILES string of the molecule is CC(=O)C(C)c1cccs1. The van der Waals surface area contributed by atoms with Gasteiger partial charge in [0, 0.05) is 10.8 Å². The van der Waals surface area contributed by atoms with Crippen LogP contribution < -0.4 is 0 Å². The molecule has 0 saturated carbocycles. The first-order valence-corrected chi connectivity index (χ1v) is 4.13. The Balaban J connectivity index is 2.77. The molecule has 1 heterocycles. The zero-order valence-corrected chi connectivity index (χ0v) is 6.94. The van der Waals surface area contributed by atoms with E-state index in [9.17, 15) is 4.79 Å². The Morgan fingerprint density at radius 3 is 2.80 bits per heavy atom. The minimum atomic E-state index is 0.0833. The van der Waals surface area contributed by atoms with Crippen LogP contribution in [0.5, 0.6) is 0 Å². The van der Waals surface area contributed by atoms with E-state index in [2.05, 4.69) is 0 Å². The van der Waals surface area contributed by atoms with Crippen molar-refractivity contribution < 1.29 is 4.79 Å². The fourth-order valence-corrected chi connectivity index (χ4v) is 1.58. The Morgan fingerprint density at radius 2 is 2.40 bits per heavy atom. The molecule has 0 amide bonds. The average molecular weight is 154 g/mol. The lowest BCUT2D eigenvalue weighted by atomic mass is 10.1. The van der Waals surface area contributed by atoms with Gasteiger partial charge in [-0.05, 0) is 18.4 Å². The highest BCUT2D eigenvalue weighted by Gasteiger charge is 2.09. The first-order valence-electron chi connectivity index (χ1n) is 3.25. The van der Waals surface area contributed by atoms with Crippen molar-refractivity contribution in [3.8, 4) is 0 Å². The number of carbonyl (C=O) groups is 1. The first kappa shape index (κ1) is 7.48. The molecule has 0 radical (unpaired) electrons. The summed E-state index contributed by atoms with van der Waals surface area (Å²) in [7, 11) is 0. The minimum absolute atomic E-state index is 0.0833. The second kappa shape index (κ2) is 2.97. The average Bonchev–Trinajstić information content (AvgIpc) is 2.36. The molecule has 1 nitrogen and oxygen atoms in total. The molecule has 10 heavy (non-hydrogen) atoms. The van der Waals surface area contributed by atoms with Gasteiger partial charge in [-0.2, -0.15) is 0 Å². The van der Waals surface area contributed by atoms with Gasteiger partial charge in [-0.3, -0.25) is 4.79 Å². The van der Waals surface area contributed by atoms with Gasteiger partial charge in [-0.1, -0.05) is 13.0 Å². The van der Waals surface area contributed by atoms with E-state index in [1.165, 1.54) is 0 Å². The maximum absolute atomic E-state index is 10.8. The van der Waals surface area contributed by atoms with E-state index in [0.717, 1.165) is 4.88 Å². The van der Waals surface area contributed by atoms with Crippen LogP contribution in [0, 0.1) is 0 Å². The summed E-state index contributed by atoms with van der Waals surface area (Å²) in [5.41, 5.74) is 0. The Morgan fingerprint density at radius 1 is 1.70 bits per heavy atom. The molecule has 54 valence electrons. The molecule has 0 aliphatic rings. The van der Waals surface area contributed by atoms with Gasteiger partial charge < -0.3 is 0 Å². The number of thiophene rings is 1. The monoisotopic (exact) mass is 154 g/mol. The summed E-state index contributed by atoms with van der Waals surface area (Å²) >= 11 is 1.64. The minimum Gasteiger partial charge on any atom is -0.299 e. The largest absolute Gasteiger partial charge is 0.299 e. The van der Waals surface area contributed by atoms with Crippen LogP contribution in [0.3, 0.4) is 0 Å². The number of rotatable bonds is 2. The van der Waals surface area contributed by atoms with Crippen LogP contribution in [0.4, 0.5) is 0 Å². The molecule has 1 aromatic rings. The molecule has 0 N–H and O–H groups in total. The third-order valence-electron chi connectivity index (χ3n) is 1.58. The first-order chi connectivity index (χ1) is 4.72. The smallest absolute Gasteiger partial charge is 0.137 e. The van der Waals surface area contributed by atoms with Gasteiger partial charge in [-0.15, -0.1) is 11.3 Å². The van der Waals surface area contributed by atoms with Crippen molar-refractivity contribution in [3.63, 3.8) is 0 Å². The Bertz CT molecular complexity index is 213. The summed E-state index contributed by atoms with van der Waals surface area (Å²) < 4.78 is 0. The molecule has 0 saturated heterocycles. The maximum Gasteiger partial charge on any atom is 0.137 e. The lowest BCUT2D eigenvalue weighted by Crippen LogP contribution is -2.01. The number of hydrogen-bond donors (Lipinski definition) is 0. The van der Waals surface area contributed by atoms with Crippen LogP contribution in [-0.2, 0) is 4.79 Å². The van der Waals surface area contributed by atoms with Gasteiger partial charge in [0.15, 0.2) is 0 Å². The summed E-state index contributed by atoms with van der Waals surface area (Å²) in [6.45, 7) is 3.57. The van der Waals surface area contributed by atoms with E-state index in [1.807, 2.05) is 24.4 Å². The lowest BCUT2D eigenvalue weighted by Gasteiger charge is -2.01. The summed E-state index contributed by atoms with van der Waals surface area (Å²) in [5.74, 6) is 0.322. The predicted molar refractivity (Wildman–Crippen MR) is 43.4 cm³/mol. The number of ketones is 1. The highest BCUT2D eigenvalue weighted by atomic mass is 32.1. The number of carbonyl (C=O) groups excluding carboxylic acids is 1. The van der Waals surface area contributed by atoms with Crippen molar-refractivity contribution >= 4 is 17.1 Å². The summed E-state index contributed by atoms with van der Waals surface area (Å²) in [6.07, 6.45) is 0. The van der Waals surface area contributed by atoms with Crippen molar-refractivity contribution in [3.05, 3.63) is 22.4 Å². The van der Waals surface area contributed by atoms with Crippen molar-refractivity contribution in [1.82, 2.24) is 0 Å². The highest BCUT2D eigenvalue weighted by Crippen LogP contribution is 2.20. The fourth-order valence-electron chi connectivity index (χ4n) is 0.738. The molecule has 0 aliphatic carbocycles. The highest BCUT2D eigenvalue weighted by molar-refractivity contribution is 7.10. The second-order valence-electron chi connectivity index (χ2n) is 2.35. The van der Waals surface area contributed by atoms with E-state index in [-0.39, 0.29) is 11.7 Å². The molecule has 0 spiro atoms. The molecular formula is C8H10OS. The van der Waals surface area contributed by atoms with Crippen LogP contribution in [0.2, 0.25) is 0 Å². The summed E-state index contributed by atoms with van der Waals surface area (Å²) in [6, 6.07) is 3.97. The lowest BCUT2D eigenvalue weighted by molar-refractivity contribution is -0.118. The van der Waals surface area contributed by atoms with Gasteiger partial charge in [0.1, 0.15) is 5.78 Å². The van der Waals surface area contributed by atoms with Crippen molar-refractivity contribution in [1.29, 1.82) is 0 Å². The molecule has 0 aromatic carbocycles. The summed E-state index contributed by atoms with van der Waals surface area (Å²) in [5, 5.41) is 1.99. The second-order valence-corrected chi connectivity index (χ2v) is 3.33. The molecule has 0 aliphatic heterocycles. The molecule has 1 atom stereocenters. The Kier molecular flexibility index (Phi) is 2.22. The Hall–Kier alpha value is -0.630. The van der Waals surface area contributed by atoms with E-state index < -0.39 is 0 Å². The zero-order chi connectivity index (χ0) is 7.56. The molecule has 0 bridgehead atoms. The molecule has 1 aromatic heterocycles. The van der Waals surface area contributed by atoms with Gasteiger partial charge >= 0.3 is 0 Å². The molecule has 0 fully saturated rings. The van der Waals surface area contributed by atoms with Crippen LogP contribution in [-0.4, -0.2) is 5.78 Å². The zero-order valence-electron chi connectivity index (χ0n) is 6.13. The molecule has 1 rings (SSSR count). The topological polar surface area (TPSA) is 17.1 Å². The summed E-state index contributed by atoms with van der Waals surface area (Å²) in [4.78, 5) is 12.0. The van der Waals surface area contributed by atoms with E-state index in [4.69, 9.17) is 0 Å². The van der Waals surface area contributed by atoms with Crippen molar-refractivity contribution in [2.75, 3.05) is 0 Å². The third kappa shape index (κ3) is 1.45. The normalized spacial score (nSPS) is 13.0. The molecular weight excluding hydrogens is 144 g/mol. The van der Waals surface area contributed by atoms with E-state index >= 15 is 0 Å². The standard InChI is InChI=1S/C8H10OS/c1-6(7(2)9)8-4-3-5-10-8/h3-6H,1-2H3. The molecule has 1 unspecified atom stereocenters. The van der Waals surface area contributed by atoms with Gasteiger partial charge in [0.25, 0.3) is 0 Å². The van der Waals surface area contributed by atoms with Gasteiger partial charge in [0.05, 0.1) is 0 Å². The van der Waals surface area contributed by atoms with Gasteiger partial charge in [-0.25, -0.2) is 0 Å². The molecule has 2 heteroatoms. The van der Waals surface area contributed by atoms with E-state index in [1.54, 1.807) is 18.3 Å². The Labute approximate surface area is 64.7 Å². The fraction of sp³-hybridized carbons (Fsp3) is 0.375. The third-order valence-corrected chi connectivity index (χ3v) is 2.63. The quantitative estimate of drug-likeness (QED) is 0.639. The van der Waals surface area contributed by atoms with Crippen LogP contribution in [0.15, 0.2) is 17.5 Å². The number of hydrogen-bond acceptors (Lipinski definition) is 2. The van der Waals surface area contributed by atoms with Crippen LogP contribution in [0.1, 0.15) is 24.6 Å². The maximum atomic E-state index is 10.8. The van der Waals surface area contributed by atoms with Crippen LogP contribution in [0.25, 0.3) is 0 Å². The van der Waals surface area contributed by atoms with E-state index in [0.29, 0.717) is 0 Å². The van der Waals surface area contributed by atoms with Crippen molar-refractivity contribution in [2.45, 2.75) is 19.8 Å². The van der Waals surface area contributed by atoms with Crippen molar-refractivity contribution in [2.24, 2.45) is 0 Å².